The van der Waals surface area contributed by atoms with Crippen LogP contribution in [-0.4, -0.2) is 27.4 Å². The molecule has 156 valence electrons. The standard InChI is InChI=1S/C18H14F3N5O4/c19-18(20,21)12-7-11(8-13(9-12)26(29)30)10-24-17(28)14(22)4-5-16(27)25-15-3-1-2-6-23-15/h1-9,22H,10H2,(H,24,28)(H,23,25,27)/b5-4-,22-14?. The number of nitro groups is 1. The fourth-order valence-electron chi connectivity index (χ4n) is 2.16. The van der Waals surface area contributed by atoms with Gasteiger partial charge in [0.15, 0.2) is 0 Å². The minimum Gasteiger partial charge on any atom is -0.347 e. The van der Waals surface area contributed by atoms with Crippen molar-refractivity contribution in [2.45, 2.75) is 12.7 Å². The molecule has 0 unspecified atom stereocenters. The van der Waals surface area contributed by atoms with Crippen molar-refractivity contribution in [1.82, 2.24) is 10.3 Å². The van der Waals surface area contributed by atoms with E-state index in [1.54, 1.807) is 12.1 Å². The van der Waals surface area contributed by atoms with Crippen LogP contribution in [0.25, 0.3) is 0 Å². The summed E-state index contributed by atoms with van der Waals surface area (Å²) in [6, 6.07) is 6.74. The highest BCUT2D eigenvalue weighted by Gasteiger charge is 2.32. The Morgan fingerprint density at radius 1 is 1.20 bits per heavy atom. The van der Waals surface area contributed by atoms with E-state index in [2.05, 4.69) is 15.6 Å². The van der Waals surface area contributed by atoms with Gasteiger partial charge < -0.3 is 10.6 Å². The zero-order valence-electron chi connectivity index (χ0n) is 15.1. The van der Waals surface area contributed by atoms with Gasteiger partial charge in [-0.25, -0.2) is 4.98 Å². The fourth-order valence-corrected chi connectivity index (χ4v) is 2.16. The average Bonchev–Trinajstić information content (AvgIpc) is 2.70. The minimum atomic E-state index is -4.80. The molecule has 2 amide bonds. The summed E-state index contributed by atoms with van der Waals surface area (Å²) in [5, 5.41) is 23.0. The number of nitro benzene ring substituents is 1. The number of alkyl halides is 3. The molecule has 0 saturated carbocycles. The second-order valence-electron chi connectivity index (χ2n) is 5.78. The predicted molar refractivity (Wildman–Crippen MR) is 99.7 cm³/mol. The van der Waals surface area contributed by atoms with E-state index in [0.29, 0.717) is 12.1 Å². The van der Waals surface area contributed by atoms with Gasteiger partial charge in [-0.05, 0) is 29.8 Å². The lowest BCUT2D eigenvalue weighted by Gasteiger charge is -2.10. The molecule has 0 radical (unpaired) electrons. The Kier molecular flexibility index (Phi) is 6.96. The molecule has 1 aromatic heterocycles. The van der Waals surface area contributed by atoms with Crippen LogP contribution in [0.4, 0.5) is 24.7 Å². The van der Waals surface area contributed by atoms with Crippen LogP contribution in [0.15, 0.2) is 54.7 Å². The largest absolute Gasteiger partial charge is 0.416 e. The first-order chi connectivity index (χ1) is 14.1. The molecule has 0 aliphatic rings. The summed E-state index contributed by atoms with van der Waals surface area (Å²) in [7, 11) is 0. The predicted octanol–water partition coefficient (Wildman–Crippen LogP) is 2.84. The summed E-state index contributed by atoms with van der Waals surface area (Å²) in [6.07, 6.45) is -1.55. The van der Waals surface area contributed by atoms with Crippen LogP contribution < -0.4 is 10.6 Å². The SMILES string of the molecule is N=C(/C=C\C(=O)Nc1ccccn1)C(=O)NCc1cc([N+](=O)[O-])cc(C(F)(F)F)c1. The highest BCUT2D eigenvalue weighted by molar-refractivity contribution is 6.42. The number of anilines is 1. The molecule has 0 aliphatic carbocycles. The van der Waals surface area contributed by atoms with Crippen molar-refractivity contribution in [2.75, 3.05) is 5.32 Å². The number of nitrogens with one attached hydrogen (secondary N) is 3. The van der Waals surface area contributed by atoms with Gasteiger partial charge in [0, 0.05) is 31.0 Å². The van der Waals surface area contributed by atoms with Gasteiger partial charge in [0.25, 0.3) is 11.6 Å². The molecule has 0 aliphatic heterocycles. The van der Waals surface area contributed by atoms with Crippen LogP contribution in [0, 0.1) is 15.5 Å². The molecule has 0 bridgehead atoms. The second kappa shape index (κ2) is 9.41. The molecule has 0 saturated heterocycles. The van der Waals surface area contributed by atoms with Gasteiger partial charge in [-0.3, -0.25) is 25.1 Å². The van der Waals surface area contributed by atoms with Crippen molar-refractivity contribution >= 4 is 29.0 Å². The number of hydrogen-bond acceptors (Lipinski definition) is 6. The van der Waals surface area contributed by atoms with E-state index < -0.39 is 46.4 Å². The van der Waals surface area contributed by atoms with Gasteiger partial charge in [0.1, 0.15) is 11.5 Å². The number of nitrogens with zero attached hydrogens (tertiary/aromatic N) is 2. The van der Waals surface area contributed by atoms with Gasteiger partial charge >= 0.3 is 6.18 Å². The highest BCUT2D eigenvalue weighted by atomic mass is 19.4. The monoisotopic (exact) mass is 421 g/mol. The maximum atomic E-state index is 12.9. The fraction of sp³-hybridized carbons (Fsp3) is 0.111. The van der Waals surface area contributed by atoms with E-state index in [1.807, 2.05) is 0 Å². The highest BCUT2D eigenvalue weighted by Crippen LogP contribution is 2.32. The van der Waals surface area contributed by atoms with E-state index in [1.165, 1.54) is 12.3 Å². The molecular weight excluding hydrogens is 407 g/mol. The molecule has 30 heavy (non-hydrogen) atoms. The van der Waals surface area contributed by atoms with Crippen LogP contribution >= 0.6 is 0 Å². The molecule has 9 nitrogen and oxygen atoms in total. The van der Waals surface area contributed by atoms with Crippen molar-refractivity contribution in [3.63, 3.8) is 0 Å². The third kappa shape index (κ3) is 6.51. The number of pyridine rings is 1. The zero-order valence-corrected chi connectivity index (χ0v) is 15.1. The molecule has 3 N–H and O–H groups in total. The smallest absolute Gasteiger partial charge is 0.347 e. The molecular formula is C18H14F3N5O4. The molecule has 0 spiro atoms. The van der Waals surface area contributed by atoms with E-state index in [9.17, 15) is 32.9 Å². The third-order valence-corrected chi connectivity index (χ3v) is 3.53. The summed E-state index contributed by atoms with van der Waals surface area (Å²) in [5.41, 5.74) is -2.83. The zero-order chi connectivity index (χ0) is 22.3. The Morgan fingerprint density at radius 2 is 1.93 bits per heavy atom. The van der Waals surface area contributed by atoms with Crippen molar-refractivity contribution < 1.29 is 27.7 Å². The summed E-state index contributed by atoms with van der Waals surface area (Å²) in [6.45, 7) is -0.486. The number of benzene rings is 1. The van der Waals surface area contributed by atoms with Crippen molar-refractivity contribution in [3.8, 4) is 0 Å². The van der Waals surface area contributed by atoms with Crippen LogP contribution in [0.2, 0.25) is 0 Å². The normalized spacial score (nSPS) is 11.2. The van der Waals surface area contributed by atoms with Crippen LogP contribution in [-0.2, 0) is 22.3 Å². The number of hydrogen-bond donors (Lipinski definition) is 3. The van der Waals surface area contributed by atoms with Crippen molar-refractivity contribution in [3.05, 3.63) is 76.0 Å². The molecule has 2 aromatic rings. The molecule has 2 rings (SSSR count). The Hall–Kier alpha value is -4.09. The first-order valence-electron chi connectivity index (χ1n) is 8.18. The van der Waals surface area contributed by atoms with Crippen molar-refractivity contribution in [2.24, 2.45) is 0 Å². The van der Waals surface area contributed by atoms with Gasteiger partial charge in [-0.1, -0.05) is 6.07 Å². The van der Waals surface area contributed by atoms with Gasteiger partial charge in [-0.2, -0.15) is 13.2 Å². The van der Waals surface area contributed by atoms with Crippen LogP contribution in [0.1, 0.15) is 11.1 Å². The van der Waals surface area contributed by atoms with Crippen LogP contribution in [0.5, 0.6) is 0 Å². The molecule has 1 heterocycles. The number of carbonyl (C=O) groups is 2. The number of carbonyl (C=O) groups excluding carboxylic acids is 2. The Labute approximate surface area is 167 Å². The van der Waals surface area contributed by atoms with E-state index in [0.717, 1.165) is 18.2 Å². The summed E-state index contributed by atoms with van der Waals surface area (Å²) in [5.74, 6) is -1.38. The Bertz CT molecular complexity index is 1010. The first kappa shape index (κ1) is 22.2. The maximum absolute atomic E-state index is 12.9. The van der Waals surface area contributed by atoms with Crippen molar-refractivity contribution in [1.29, 1.82) is 5.41 Å². The van der Waals surface area contributed by atoms with Gasteiger partial charge in [-0.15, -0.1) is 0 Å². The lowest BCUT2D eigenvalue weighted by atomic mass is 10.1. The lowest BCUT2D eigenvalue weighted by Crippen LogP contribution is -2.29. The number of rotatable bonds is 7. The van der Waals surface area contributed by atoms with Crippen LogP contribution in [0.3, 0.4) is 0 Å². The average molecular weight is 421 g/mol. The number of amides is 2. The molecule has 0 fully saturated rings. The maximum Gasteiger partial charge on any atom is 0.416 e. The number of halogens is 3. The first-order valence-corrected chi connectivity index (χ1v) is 8.18. The van der Waals surface area contributed by atoms with Gasteiger partial charge in [0.2, 0.25) is 5.91 Å². The van der Waals surface area contributed by atoms with E-state index in [-0.39, 0.29) is 11.4 Å². The topological polar surface area (TPSA) is 138 Å². The molecule has 12 heteroatoms. The molecule has 1 aromatic carbocycles. The second-order valence-corrected chi connectivity index (χ2v) is 5.78. The summed E-state index contributed by atoms with van der Waals surface area (Å²) >= 11 is 0. The Morgan fingerprint density at radius 3 is 2.53 bits per heavy atom. The number of non-ortho nitro benzene ring substituents is 1. The number of aromatic nitrogens is 1. The lowest BCUT2D eigenvalue weighted by molar-refractivity contribution is -0.385. The third-order valence-electron chi connectivity index (χ3n) is 3.53. The molecule has 0 atom stereocenters. The summed E-state index contributed by atoms with van der Waals surface area (Å²) in [4.78, 5) is 37.3. The summed E-state index contributed by atoms with van der Waals surface area (Å²) < 4.78 is 38.6. The minimum absolute atomic E-state index is 0.172. The Balaban J connectivity index is 1.99. The van der Waals surface area contributed by atoms with E-state index >= 15 is 0 Å². The van der Waals surface area contributed by atoms with Gasteiger partial charge in [0.05, 0.1) is 10.5 Å². The van der Waals surface area contributed by atoms with E-state index in [4.69, 9.17) is 5.41 Å². The quantitative estimate of drug-likeness (QED) is 0.273.